The van der Waals surface area contributed by atoms with Gasteiger partial charge in [-0.1, -0.05) is 6.07 Å². The number of rotatable bonds is 5. The fraction of sp³-hybridized carbons (Fsp3) is 0.444. The third kappa shape index (κ3) is 3.88. The van der Waals surface area contributed by atoms with E-state index in [4.69, 9.17) is 9.15 Å². The molecule has 2 aromatic heterocycles. The van der Waals surface area contributed by atoms with Gasteiger partial charge < -0.3 is 14.1 Å². The maximum absolute atomic E-state index is 12.8. The Labute approximate surface area is 199 Å². The zero-order valence-electron chi connectivity index (χ0n) is 19.6. The van der Waals surface area contributed by atoms with Crippen LogP contribution in [-0.2, 0) is 17.6 Å². The van der Waals surface area contributed by atoms with E-state index in [-0.39, 0.29) is 5.91 Å². The van der Waals surface area contributed by atoms with E-state index in [1.807, 2.05) is 17.0 Å². The fourth-order valence-electron chi connectivity index (χ4n) is 5.96. The van der Waals surface area contributed by atoms with Gasteiger partial charge in [0.15, 0.2) is 0 Å². The van der Waals surface area contributed by atoms with E-state index >= 15 is 0 Å². The molecular weight excluding hydrogens is 428 g/mol. The summed E-state index contributed by atoms with van der Waals surface area (Å²) < 4.78 is 10.6. The molecule has 0 saturated carbocycles. The molecule has 3 aliphatic rings. The van der Waals surface area contributed by atoms with Crippen LogP contribution in [0.5, 0.6) is 5.75 Å². The predicted molar refractivity (Wildman–Crippen MR) is 127 cm³/mol. The van der Waals surface area contributed by atoms with Gasteiger partial charge in [0.1, 0.15) is 12.0 Å². The minimum atomic E-state index is 0.176. The second kappa shape index (κ2) is 8.55. The van der Waals surface area contributed by atoms with Crippen molar-refractivity contribution in [3.8, 4) is 17.2 Å². The van der Waals surface area contributed by atoms with Crippen LogP contribution in [0.15, 0.2) is 53.4 Å². The first-order valence-electron chi connectivity index (χ1n) is 12.2. The fourth-order valence-corrected chi connectivity index (χ4v) is 5.96. The van der Waals surface area contributed by atoms with Gasteiger partial charge in [0.05, 0.1) is 25.9 Å². The molecule has 2 fully saturated rings. The first-order chi connectivity index (χ1) is 16.6. The summed E-state index contributed by atoms with van der Waals surface area (Å²) >= 11 is 0. The number of aryl methyl sites for hydroxylation is 1. The molecule has 34 heavy (non-hydrogen) atoms. The maximum Gasteiger partial charge on any atom is 0.228 e. The summed E-state index contributed by atoms with van der Waals surface area (Å²) in [6.07, 6.45) is 9.82. The minimum Gasteiger partial charge on any atom is -0.495 e. The van der Waals surface area contributed by atoms with Gasteiger partial charge in [0.25, 0.3) is 0 Å². The number of fused-ring (bicyclic) bond motifs is 1. The van der Waals surface area contributed by atoms with E-state index in [1.54, 1.807) is 25.8 Å². The number of carbonyl (C=O) groups excluding carboxylic acids is 1. The van der Waals surface area contributed by atoms with E-state index in [0.717, 1.165) is 56.7 Å². The number of amides is 1. The Hall–Kier alpha value is -3.19. The number of aromatic nitrogens is 2. The number of likely N-dealkylation sites (tertiary alicyclic amines) is 2. The van der Waals surface area contributed by atoms with Gasteiger partial charge in [-0.05, 0) is 66.5 Å². The highest BCUT2D eigenvalue weighted by atomic mass is 16.5. The molecule has 1 amide bonds. The topological polar surface area (TPSA) is 71.7 Å². The van der Waals surface area contributed by atoms with Crippen molar-refractivity contribution in [2.24, 2.45) is 5.41 Å². The van der Waals surface area contributed by atoms with Gasteiger partial charge in [-0.2, -0.15) is 0 Å². The van der Waals surface area contributed by atoms with Gasteiger partial charge in [-0.3, -0.25) is 14.7 Å². The number of nitrogens with zero attached hydrogens (tertiary/aromatic N) is 4. The van der Waals surface area contributed by atoms with E-state index in [2.05, 4.69) is 33.1 Å². The lowest BCUT2D eigenvalue weighted by Gasteiger charge is -2.56. The predicted octanol–water partition coefficient (Wildman–Crippen LogP) is 3.90. The van der Waals surface area contributed by atoms with E-state index in [9.17, 15) is 4.79 Å². The van der Waals surface area contributed by atoms with E-state index in [0.29, 0.717) is 29.5 Å². The van der Waals surface area contributed by atoms with Crippen LogP contribution in [0.2, 0.25) is 0 Å². The summed E-state index contributed by atoms with van der Waals surface area (Å²) in [5.74, 6) is 1.58. The van der Waals surface area contributed by atoms with E-state index < -0.39 is 0 Å². The quantitative estimate of drug-likeness (QED) is 0.578. The number of hydrogen-bond donors (Lipinski definition) is 0. The van der Waals surface area contributed by atoms with Crippen molar-refractivity contribution in [1.82, 2.24) is 19.8 Å². The van der Waals surface area contributed by atoms with Crippen molar-refractivity contribution in [3.63, 3.8) is 0 Å². The molecule has 2 saturated heterocycles. The highest BCUT2D eigenvalue weighted by Gasteiger charge is 2.48. The normalized spacial score (nSPS) is 21.3. The Morgan fingerprint density at radius 2 is 2.03 bits per heavy atom. The first kappa shape index (κ1) is 21.4. The monoisotopic (exact) mass is 458 g/mol. The summed E-state index contributed by atoms with van der Waals surface area (Å²) in [5.41, 5.74) is 5.12. The number of ether oxygens (including phenoxy) is 1. The van der Waals surface area contributed by atoms with Crippen molar-refractivity contribution in [1.29, 1.82) is 0 Å². The number of oxazole rings is 1. The van der Waals surface area contributed by atoms with Crippen LogP contribution < -0.4 is 4.74 Å². The third-order valence-corrected chi connectivity index (χ3v) is 7.93. The number of benzene rings is 1. The number of pyridine rings is 1. The molecule has 3 aromatic rings. The molecule has 1 aromatic carbocycles. The zero-order chi connectivity index (χ0) is 23.1. The largest absolute Gasteiger partial charge is 0.495 e. The molecule has 7 heteroatoms. The molecule has 7 nitrogen and oxygen atoms in total. The number of carbonyl (C=O) groups is 1. The molecule has 0 N–H and O–H groups in total. The maximum atomic E-state index is 12.8. The van der Waals surface area contributed by atoms with Crippen molar-refractivity contribution < 1.29 is 13.9 Å². The van der Waals surface area contributed by atoms with Gasteiger partial charge >= 0.3 is 0 Å². The van der Waals surface area contributed by atoms with Crippen LogP contribution in [0.25, 0.3) is 11.5 Å². The van der Waals surface area contributed by atoms with Crippen molar-refractivity contribution >= 4 is 5.91 Å². The molecule has 4 heterocycles. The Morgan fingerprint density at radius 3 is 2.74 bits per heavy atom. The molecule has 0 radical (unpaired) electrons. The van der Waals surface area contributed by atoms with Crippen LogP contribution >= 0.6 is 0 Å². The Bertz CT molecular complexity index is 1160. The zero-order valence-corrected chi connectivity index (χ0v) is 19.6. The summed E-state index contributed by atoms with van der Waals surface area (Å²) in [4.78, 5) is 26.1. The summed E-state index contributed by atoms with van der Waals surface area (Å²) in [7, 11) is 1.62. The minimum absolute atomic E-state index is 0.176. The third-order valence-electron chi connectivity index (χ3n) is 7.93. The lowest BCUT2D eigenvalue weighted by molar-refractivity contribution is -0.136. The molecule has 6 rings (SSSR count). The van der Waals surface area contributed by atoms with Crippen LogP contribution in [0, 0.1) is 5.41 Å². The van der Waals surface area contributed by atoms with Crippen molar-refractivity contribution in [2.75, 3.05) is 33.3 Å². The van der Waals surface area contributed by atoms with Crippen LogP contribution in [0.4, 0.5) is 0 Å². The SMILES string of the molecule is COc1ccc(CC(=O)N2CCC3(CC2)CN(C2CCc4cc(-c5ncco5)ccc42)C3)nc1. The molecule has 1 spiro atoms. The summed E-state index contributed by atoms with van der Waals surface area (Å²) in [5, 5.41) is 0. The second-order valence-corrected chi connectivity index (χ2v) is 9.96. The molecule has 1 unspecified atom stereocenters. The summed E-state index contributed by atoms with van der Waals surface area (Å²) in [6.45, 7) is 3.98. The highest BCUT2D eigenvalue weighted by Crippen LogP contribution is 2.48. The average molecular weight is 459 g/mol. The lowest BCUT2D eigenvalue weighted by atomic mass is 9.71. The standard InChI is InChI=1S/C27H30N4O3/c1-33-22-5-4-21(29-16-22)15-25(32)30-11-8-27(9-12-30)17-31(18-27)24-7-3-19-14-20(2-6-23(19)24)26-28-10-13-34-26/h2,4-6,10,13-14,16,24H,3,7-9,11-12,15,17-18H2,1H3. The van der Waals surface area contributed by atoms with Gasteiger partial charge in [-0.25, -0.2) is 4.98 Å². The number of piperidine rings is 1. The number of methoxy groups -OCH3 is 1. The van der Waals surface area contributed by atoms with Crippen molar-refractivity contribution in [2.45, 2.75) is 38.1 Å². The van der Waals surface area contributed by atoms with Crippen LogP contribution in [0.3, 0.4) is 0 Å². The molecule has 1 atom stereocenters. The molecule has 1 aliphatic carbocycles. The summed E-state index contributed by atoms with van der Waals surface area (Å²) in [6, 6.07) is 10.9. The van der Waals surface area contributed by atoms with Gasteiger partial charge in [-0.15, -0.1) is 0 Å². The molecule has 2 aliphatic heterocycles. The molecule has 0 bridgehead atoms. The Balaban J connectivity index is 1.03. The molecule has 176 valence electrons. The second-order valence-electron chi connectivity index (χ2n) is 9.96. The molecular formula is C27H30N4O3. The number of hydrogen-bond acceptors (Lipinski definition) is 6. The van der Waals surface area contributed by atoms with Crippen LogP contribution in [-0.4, -0.2) is 59.0 Å². The Morgan fingerprint density at radius 1 is 1.18 bits per heavy atom. The lowest BCUT2D eigenvalue weighted by Crippen LogP contribution is -2.61. The Kier molecular flexibility index (Phi) is 5.37. The van der Waals surface area contributed by atoms with Crippen molar-refractivity contribution in [3.05, 3.63) is 65.8 Å². The smallest absolute Gasteiger partial charge is 0.228 e. The first-order valence-corrected chi connectivity index (χ1v) is 12.2. The van der Waals surface area contributed by atoms with Crippen LogP contribution in [0.1, 0.15) is 42.1 Å². The average Bonchev–Trinajstić information content (AvgIpc) is 3.53. The van der Waals surface area contributed by atoms with E-state index in [1.165, 1.54) is 17.5 Å². The van der Waals surface area contributed by atoms with Gasteiger partial charge in [0, 0.05) is 43.5 Å². The highest BCUT2D eigenvalue weighted by molar-refractivity contribution is 5.78. The van der Waals surface area contributed by atoms with Gasteiger partial charge in [0.2, 0.25) is 11.8 Å².